The smallest absolute Gasteiger partial charge is 0.105 e. The van der Waals surface area contributed by atoms with Gasteiger partial charge >= 0.3 is 0 Å². The molecule has 1 rings (SSSR count). The van der Waals surface area contributed by atoms with E-state index in [1.165, 1.54) is 10.8 Å². The fraction of sp³-hybridized carbons (Fsp3) is 0.667. The SMILES string of the molecule is Cc1nccn1CCNCCCI. The minimum Gasteiger partial charge on any atom is -0.334 e. The molecule has 74 valence electrons. The van der Waals surface area contributed by atoms with E-state index >= 15 is 0 Å². The molecule has 1 N–H and O–H groups in total. The normalized spacial score (nSPS) is 10.6. The molecule has 13 heavy (non-hydrogen) atoms. The molecule has 0 bridgehead atoms. The maximum atomic E-state index is 4.17. The van der Waals surface area contributed by atoms with Crippen LogP contribution in [0.2, 0.25) is 0 Å². The van der Waals surface area contributed by atoms with Crippen molar-refractivity contribution in [3.8, 4) is 0 Å². The van der Waals surface area contributed by atoms with E-state index in [1.807, 2.05) is 19.3 Å². The Kier molecular flexibility index (Phi) is 5.38. The minimum atomic E-state index is 1.02. The van der Waals surface area contributed by atoms with Crippen LogP contribution in [0.5, 0.6) is 0 Å². The van der Waals surface area contributed by atoms with Gasteiger partial charge in [0.15, 0.2) is 0 Å². The van der Waals surface area contributed by atoms with E-state index < -0.39 is 0 Å². The Balaban J connectivity index is 2.10. The van der Waals surface area contributed by atoms with Gasteiger partial charge in [-0.15, -0.1) is 0 Å². The van der Waals surface area contributed by atoms with Gasteiger partial charge in [0, 0.05) is 29.9 Å². The van der Waals surface area contributed by atoms with Gasteiger partial charge in [0.05, 0.1) is 0 Å². The van der Waals surface area contributed by atoms with Crippen LogP contribution in [0.1, 0.15) is 12.2 Å². The van der Waals surface area contributed by atoms with Gasteiger partial charge in [-0.3, -0.25) is 0 Å². The lowest BCUT2D eigenvalue weighted by molar-refractivity contribution is 0.586. The Morgan fingerprint density at radius 1 is 1.54 bits per heavy atom. The van der Waals surface area contributed by atoms with Gasteiger partial charge in [0.1, 0.15) is 5.82 Å². The van der Waals surface area contributed by atoms with Gasteiger partial charge in [-0.1, -0.05) is 22.6 Å². The summed E-state index contributed by atoms with van der Waals surface area (Å²) in [4.78, 5) is 4.17. The molecule has 0 aromatic carbocycles. The fourth-order valence-electron chi connectivity index (χ4n) is 1.16. The number of nitrogens with one attached hydrogen (secondary N) is 1. The highest BCUT2D eigenvalue weighted by atomic mass is 127. The molecule has 3 nitrogen and oxygen atoms in total. The van der Waals surface area contributed by atoms with Crippen molar-refractivity contribution in [1.82, 2.24) is 14.9 Å². The highest BCUT2D eigenvalue weighted by Gasteiger charge is 1.94. The summed E-state index contributed by atoms with van der Waals surface area (Å²) in [6.45, 7) is 5.21. The summed E-state index contributed by atoms with van der Waals surface area (Å²) in [7, 11) is 0. The van der Waals surface area contributed by atoms with E-state index in [0.29, 0.717) is 0 Å². The largest absolute Gasteiger partial charge is 0.334 e. The summed E-state index contributed by atoms with van der Waals surface area (Å²) in [6, 6.07) is 0. The molecule has 0 amide bonds. The van der Waals surface area contributed by atoms with Gasteiger partial charge < -0.3 is 9.88 Å². The van der Waals surface area contributed by atoms with Crippen molar-refractivity contribution in [2.45, 2.75) is 19.9 Å². The van der Waals surface area contributed by atoms with Crippen LogP contribution in [0, 0.1) is 6.92 Å². The third-order valence-corrected chi connectivity index (χ3v) is 2.70. The molecule has 0 fully saturated rings. The van der Waals surface area contributed by atoms with Crippen LogP contribution in [0.15, 0.2) is 12.4 Å². The lowest BCUT2D eigenvalue weighted by atomic mass is 10.4. The number of alkyl halides is 1. The molecule has 1 aromatic rings. The number of rotatable bonds is 6. The second-order valence-corrected chi connectivity index (χ2v) is 4.04. The predicted octanol–water partition coefficient (Wildman–Crippen LogP) is 1.61. The van der Waals surface area contributed by atoms with Gasteiger partial charge in [-0.2, -0.15) is 0 Å². The first-order valence-corrected chi connectivity index (χ1v) is 6.11. The van der Waals surface area contributed by atoms with Crippen molar-refractivity contribution in [2.75, 3.05) is 17.5 Å². The summed E-state index contributed by atoms with van der Waals surface area (Å²) < 4.78 is 3.39. The monoisotopic (exact) mass is 293 g/mol. The molecule has 0 spiro atoms. The first kappa shape index (κ1) is 11.0. The van der Waals surface area contributed by atoms with Gasteiger partial charge in [0.2, 0.25) is 0 Å². The minimum absolute atomic E-state index is 1.02. The Morgan fingerprint density at radius 2 is 2.38 bits per heavy atom. The molecule has 0 saturated carbocycles. The number of hydrogen-bond acceptors (Lipinski definition) is 2. The van der Waals surface area contributed by atoms with E-state index in [-0.39, 0.29) is 0 Å². The maximum Gasteiger partial charge on any atom is 0.105 e. The molecular weight excluding hydrogens is 277 g/mol. The van der Waals surface area contributed by atoms with Crippen molar-refractivity contribution in [1.29, 1.82) is 0 Å². The predicted molar refractivity (Wildman–Crippen MR) is 63.3 cm³/mol. The highest BCUT2D eigenvalue weighted by molar-refractivity contribution is 14.1. The first-order chi connectivity index (χ1) is 6.34. The van der Waals surface area contributed by atoms with Crippen molar-refractivity contribution in [2.24, 2.45) is 0 Å². The average molecular weight is 293 g/mol. The number of hydrogen-bond donors (Lipinski definition) is 1. The Hall–Kier alpha value is -0.100. The van der Waals surface area contributed by atoms with Crippen LogP contribution >= 0.6 is 22.6 Å². The summed E-state index contributed by atoms with van der Waals surface area (Å²) >= 11 is 2.40. The second-order valence-electron chi connectivity index (χ2n) is 2.96. The third-order valence-electron chi connectivity index (χ3n) is 1.94. The fourth-order valence-corrected chi connectivity index (χ4v) is 1.54. The van der Waals surface area contributed by atoms with Crippen LogP contribution in [0.3, 0.4) is 0 Å². The van der Waals surface area contributed by atoms with E-state index in [4.69, 9.17) is 0 Å². The van der Waals surface area contributed by atoms with Gasteiger partial charge in [0.25, 0.3) is 0 Å². The van der Waals surface area contributed by atoms with E-state index in [0.717, 1.165) is 25.5 Å². The first-order valence-electron chi connectivity index (χ1n) is 4.59. The number of nitrogens with zero attached hydrogens (tertiary/aromatic N) is 2. The molecule has 0 aliphatic heterocycles. The molecule has 0 saturated heterocycles. The zero-order valence-electron chi connectivity index (χ0n) is 7.96. The van der Waals surface area contributed by atoms with Crippen molar-refractivity contribution >= 4 is 22.6 Å². The summed E-state index contributed by atoms with van der Waals surface area (Å²) in [5, 5.41) is 3.40. The third kappa shape index (κ3) is 4.08. The van der Waals surface area contributed by atoms with Crippen LogP contribution in [-0.2, 0) is 6.54 Å². The lowest BCUT2D eigenvalue weighted by Gasteiger charge is -2.05. The summed E-state index contributed by atoms with van der Waals surface area (Å²) in [6.07, 6.45) is 5.12. The quantitative estimate of drug-likeness (QED) is 0.490. The Morgan fingerprint density at radius 3 is 3.00 bits per heavy atom. The van der Waals surface area contributed by atoms with Crippen molar-refractivity contribution in [3.05, 3.63) is 18.2 Å². The van der Waals surface area contributed by atoms with Gasteiger partial charge in [-0.05, 0) is 19.9 Å². The molecule has 0 unspecified atom stereocenters. The van der Waals surface area contributed by atoms with E-state index in [9.17, 15) is 0 Å². The number of halogens is 1. The Labute approximate surface area is 93.1 Å². The van der Waals surface area contributed by atoms with Crippen LogP contribution in [0.4, 0.5) is 0 Å². The average Bonchev–Trinajstić information content (AvgIpc) is 2.52. The molecule has 0 radical (unpaired) electrons. The van der Waals surface area contributed by atoms with Crippen LogP contribution in [0.25, 0.3) is 0 Å². The standard InChI is InChI=1S/C9H16IN3/c1-9-12-6-8-13(9)7-5-11-4-2-3-10/h6,8,11H,2-5,7H2,1H3. The van der Waals surface area contributed by atoms with Crippen LogP contribution < -0.4 is 5.32 Å². The lowest BCUT2D eigenvalue weighted by Crippen LogP contribution is -2.21. The highest BCUT2D eigenvalue weighted by Crippen LogP contribution is 1.93. The zero-order chi connectivity index (χ0) is 9.52. The molecule has 4 heteroatoms. The number of imidazole rings is 1. The van der Waals surface area contributed by atoms with E-state index in [1.54, 1.807) is 0 Å². The van der Waals surface area contributed by atoms with Gasteiger partial charge in [-0.25, -0.2) is 4.98 Å². The molecule has 1 heterocycles. The summed E-state index contributed by atoms with van der Waals surface area (Å²) in [5.41, 5.74) is 0. The topological polar surface area (TPSA) is 29.9 Å². The van der Waals surface area contributed by atoms with Crippen LogP contribution in [-0.4, -0.2) is 27.1 Å². The maximum absolute atomic E-state index is 4.17. The zero-order valence-corrected chi connectivity index (χ0v) is 10.1. The molecule has 0 atom stereocenters. The Bertz CT molecular complexity index is 235. The van der Waals surface area contributed by atoms with E-state index in [2.05, 4.69) is 37.5 Å². The summed E-state index contributed by atoms with van der Waals surface area (Å²) in [5.74, 6) is 1.09. The number of aromatic nitrogens is 2. The molecule has 1 aromatic heterocycles. The van der Waals surface area contributed by atoms with Crippen molar-refractivity contribution in [3.63, 3.8) is 0 Å². The number of aryl methyl sites for hydroxylation is 1. The molecule has 0 aliphatic rings. The molecular formula is C9H16IN3. The van der Waals surface area contributed by atoms with Crippen molar-refractivity contribution < 1.29 is 0 Å². The molecule has 0 aliphatic carbocycles. The second kappa shape index (κ2) is 6.37.